The number of rotatable bonds is 9. The van der Waals surface area contributed by atoms with Crippen LogP contribution in [0.25, 0.3) is 0 Å². The highest BCUT2D eigenvalue weighted by atomic mass is 32.1. The third-order valence-electron chi connectivity index (χ3n) is 5.92. The fraction of sp³-hybridized carbons (Fsp3) is 0.609. The Bertz CT molecular complexity index is 733. The van der Waals surface area contributed by atoms with Gasteiger partial charge in [0.05, 0.1) is 12.9 Å². The molecule has 0 radical (unpaired) electrons. The van der Waals surface area contributed by atoms with Gasteiger partial charge in [0.2, 0.25) is 0 Å². The Morgan fingerprint density at radius 3 is 2.83 bits per heavy atom. The normalized spacial score (nSPS) is 21.2. The molecule has 1 unspecified atom stereocenters. The monoisotopic (exact) mass is 430 g/mol. The van der Waals surface area contributed by atoms with Crippen molar-refractivity contribution in [3.8, 4) is 0 Å². The maximum absolute atomic E-state index is 5.53. The molecule has 2 aliphatic heterocycles. The molecule has 0 saturated carbocycles. The van der Waals surface area contributed by atoms with Crippen LogP contribution in [0.3, 0.4) is 0 Å². The van der Waals surface area contributed by atoms with Crippen molar-refractivity contribution >= 4 is 17.3 Å². The number of nitrogens with one attached hydrogen (secondary N) is 2. The van der Waals surface area contributed by atoms with Crippen LogP contribution >= 0.6 is 11.3 Å². The van der Waals surface area contributed by atoms with Crippen LogP contribution in [0.15, 0.2) is 45.3 Å². The fourth-order valence-corrected chi connectivity index (χ4v) is 4.89. The van der Waals surface area contributed by atoms with Crippen LogP contribution in [-0.4, -0.2) is 62.8 Å². The van der Waals surface area contributed by atoms with Gasteiger partial charge < -0.3 is 24.7 Å². The van der Waals surface area contributed by atoms with Crippen LogP contribution in [0.2, 0.25) is 0 Å². The largest absolute Gasteiger partial charge is 0.469 e. The minimum Gasteiger partial charge on any atom is -0.469 e. The molecule has 164 valence electrons. The summed E-state index contributed by atoms with van der Waals surface area (Å²) in [5, 5.41) is 9.33. The van der Waals surface area contributed by atoms with Gasteiger partial charge in [0, 0.05) is 63.1 Å². The number of thiophene rings is 1. The highest BCUT2D eigenvalue weighted by molar-refractivity contribution is 7.09. The van der Waals surface area contributed by atoms with Gasteiger partial charge in [-0.1, -0.05) is 6.07 Å². The number of guanidine groups is 1. The average molecular weight is 431 g/mol. The first-order valence-electron chi connectivity index (χ1n) is 11.2. The second-order valence-corrected chi connectivity index (χ2v) is 9.30. The molecule has 30 heavy (non-hydrogen) atoms. The van der Waals surface area contributed by atoms with Crippen molar-refractivity contribution in [2.24, 2.45) is 10.9 Å². The van der Waals surface area contributed by atoms with Gasteiger partial charge in [0.15, 0.2) is 5.96 Å². The van der Waals surface area contributed by atoms with Crippen LogP contribution in [0.4, 0.5) is 0 Å². The van der Waals surface area contributed by atoms with Crippen molar-refractivity contribution in [3.05, 3.63) is 46.5 Å². The molecular weight excluding hydrogens is 396 g/mol. The van der Waals surface area contributed by atoms with Gasteiger partial charge in [0.25, 0.3) is 0 Å². The summed E-state index contributed by atoms with van der Waals surface area (Å²) in [7, 11) is 0. The number of piperidine rings is 1. The van der Waals surface area contributed by atoms with E-state index in [4.69, 9.17) is 14.1 Å². The summed E-state index contributed by atoms with van der Waals surface area (Å²) in [6.07, 6.45) is 7.13. The summed E-state index contributed by atoms with van der Waals surface area (Å²) in [4.78, 5) is 8.85. The van der Waals surface area contributed by atoms with E-state index >= 15 is 0 Å². The Balaban J connectivity index is 1.24. The second kappa shape index (κ2) is 11.5. The van der Waals surface area contributed by atoms with E-state index in [9.17, 15) is 0 Å². The van der Waals surface area contributed by atoms with Crippen LogP contribution in [0.5, 0.6) is 0 Å². The summed E-state index contributed by atoms with van der Waals surface area (Å²) < 4.78 is 11.0. The van der Waals surface area contributed by atoms with Crippen molar-refractivity contribution in [1.82, 2.24) is 15.5 Å². The molecule has 0 amide bonds. The Labute approximate surface area is 183 Å². The molecule has 2 aliphatic rings. The number of ether oxygens (including phenoxy) is 1. The molecule has 2 fully saturated rings. The predicted octanol–water partition coefficient (Wildman–Crippen LogP) is 3.16. The topological polar surface area (TPSA) is 62.0 Å². The molecule has 2 N–H and O–H groups in total. The Morgan fingerprint density at radius 2 is 2.10 bits per heavy atom. The third-order valence-corrected chi connectivity index (χ3v) is 6.86. The highest BCUT2D eigenvalue weighted by Crippen LogP contribution is 2.17. The first-order chi connectivity index (χ1) is 14.8. The van der Waals surface area contributed by atoms with Crippen LogP contribution in [0, 0.1) is 5.92 Å². The molecule has 4 heterocycles. The van der Waals surface area contributed by atoms with Gasteiger partial charge in [0.1, 0.15) is 5.76 Å². The lowest BCUT2D eigenvalue weighted by molar-refractivity contribution is 0.150. The zero-order chi connectivity index (χ0) is 20.4. The molecule has 1 atom stereocenters. The van der Waals surface area contributed by atoms with Crippen molar-refractivity contribution in [2.75, 3.05) is 45.9 Å². The Morgan fingerprint density at radius 1 is 1.17 bits per heavy atom. The van der Waals surface area contributed by atoms with Crippen molar-refractivity contribution in [2.45, 2.75) is 38.1 Å². The molecule has 2 aromatic rings. The van der Waals surface area contributed by atoms with Gasteiger partial charge in [-0.25, -0.2) is 0 Å². The summed E-state index contributed by atoms with van der Waals surface area (Å²) in [5.41, 5.74) is 0. The van der Waals surface area contributed by atoms with Gasteiger partial charge in [-0.3, -0.25) is 4.99 Å². The van der Waals surface area contributed by atoms with Gasteiger partial charge >= 0.3 is 0 Å². The lowest BCUT2D eigenvalue weighted by atomic mass is 10.0. The summed E-state index contributed by atoms with van der Waals surface area (Å²) in [6, 6.07) is 8.74. The molecular formula is C23H34N4O2S. The minimum atomic E-state index is 0.484. The summed E-state index contributed by atoms with van der Waals surface area (Å²) in [6.45, 7) is 7.01. The quantitative estimate of drug-likeness (QED) is 0.473. The molecule has 2 saturated heterocycles. The standard InChI is InChI=1S/C23H34N4O2S/c1-3-21(29-14-1)5-10-24-23(25-11-6-22-4-2-16-30-22)26-20-7-12-27(13-8-20)17-19-9-15-28-18-19/h1-4,14,16,19-20H,5-13,15,17-18H2,(H2,24,25,26). The molecule has 0 aromatic carbocycles. The van der Waals surface area contributed by atoms with E-state index in [1.54, 1.807) is 17.6 Å². The third kappa shape index (κ3) is 6.86. The van der Waals surface area contributed by atoms with E-state index < -0.39 is 0 Å². The lowest BCUT2D eigenvalue weighted by Gasteiger charge is -2.34. The molecule has 0 bridgehead atoms. The van der Waals surface area contributed by atoms with E-state index in [1.165, 1.54) is 17.8 Å². The Hall–Kier alpha value is -1.83. The number of furan rings is 1. The summed E-state index contributed by atoms with van der Waals surface area (Å²) in [5.74, 6) is 2.66. The van der Waals surface area contributed by atoms with Crippen LogP contribution in [0.1, 0.15) is 29.9 Å². The number of hydrogen-bond donors (Lipinski definition) is 2. The fourth-order valence-electron chi connectivity index (χ4n) is 4.19. The zero-order valence-corrected chi connectivity index (χ0v) is 18.5. The van der Waals surface area contributed by atoms with Crippen molar-refractivity contribution in [1.29, 1.82) is 0 Å². The first kappa shape index (κ1) is 21.4. The smallest absolute Gasteiger partial charge is 0.191 e. The lowest BCUT2D eigenvalue weighted by Crippen LogP contribution is -2.49. The minimum absolute atomic E-state index is 0.484. The molecule has 2 aromatic heterocycles. The van der Waals surface area contributed by atoms with E-state index in [-0.39, 0.29) is 0 Å². The van der Waals surface area contributed by atoms with E-state index in [0.717, 1.165) is 82.7 Å². The van der Waals surface area contributed by atoms with Crippen molar-refractivity contribution < 1.29 is 9.15 Å². The molecule has 4 rings (SSSR count). The van der Waals surface area contributed by atoms with Gasteiger partial charge in [-0.05, 0) is 48.8 Å². The zero-order valence-electron chi connectivity index (χ0n) is 17.7. The first-order valence-corrected chi connectivity index (χ1v) is 12.1. The molecule has 0 aliphatic carbocycles. The maximum atomic E-state index is 5.53. The Kier molecular flexibility index (Phi) is 8.23. The summed E-state index contributed by atoms with van der Waals surface area (Å²) >= 11 is 1.80. The molecule has 7 heteroatoms. The van der Waals surface area contributed by atoms with Gasteiger partial charge in [-0.15, -0.1) is 11.3 Å². The van der Waals surface area contributed by atoms with Crippen LogP contribution < -0.4 is 10.6 Å². The van der Waals surface area contributed by atoms with Crippen molar-refractivity contribution in [3.63, 3.8) is 0 Å². The van der Waals surface area contributed by atoms with Gasteiger partial charge in [-0.2, -0.15) is 0 Å². The molecule has 6 nitrogen and oxygen atoms in total. The van der Waals surface area contributed by atoms with E-state index in [0.29, 0.717) is 6.04 Å². The predicted molar refractivity (Wildman–Crippen MR) is 122 cm³/mol. The van der Waals surface area contributed by atoms with Crippen LogP contribution in [-0.2, 0) is 17.6 Å². The average Bonchev–Trinajstić information content (AvgIpc) is 3.53. The molecule has 0 spiro atoms. The number of hydrogen-bond acceptors (Lipinski definition) is 5. The number of likely N-dealkylation sites (tertiary alicyclic amines) is 1. The number of aliphatic imine (C=N–C) groups is 1. The second-order valence-electron chi connectivity index (χ2n) is 8.26. The maximum Gasteiger partial charge on any atom is 0.191 e. The SMILES string of the molecule is c1coc(CCNC(=NCCc2cccs2)NC2CCN(CC3CCOC3)CC2)c1. The number of nitrogens with zero attached hydrogens (tertiary/aromatic N) is 2. The highest BCUT2D eigenvalue weighted by Gasteiger charge is 2.24. The van der Waals surface area contributed by atoms with E-state index in [2.05, 4.69) is 33.0 Å². The van der Waals surface area contributed by atoms with E-state index in [1.807, 2.05) is 12.1 Å².